The molecule has 2 aromatic carbocycles. The minimum Gasteiger partial charge on any atom is -0.466 e. The van der Waals surface area contributed by atoms with Crippen LogP contribution in [-0.4, -0.2) is 25.2 Å². The van der Waals surface area contributed by atoms with Gasteiger partial charge in [-0.1, -0.05) is 36.4 Å². The molecule has 2 rings (SSSR count). The molecule has 26 heavy (non-hydrogen) atoms. The normalized spacial score (nSPS) is 11.7. The first-order valence-electron chi connectivity index (χ1n) is 8.96. The van der Waals surface area contributed by atoms with Gasteiger partial charge in [-0.3, -0.25) is 4.79 Å². The lowest BCUT2D eigenvalue weighted by atomic mass is 9.84. The van der Waals surface area contributed by atoms with Crippen LogP contribution >= 0.6 is 0 Å². The van der Waals surface area contributed by atoms with Crippen LogP contribution in [0.5, 0.6) is 0 Å². The van der Waals surface area contributed by atoms with E-state index in [-0.39, 0.29) is 24.3 Å². The smallest absolute Gasteiger partial charge is 0.338 e. The quantitative estimate of drug-likeness (QED) is 0.684. The van der Waals surface area contributed by atoms with Gasteiger partial charge in [0.2, 0.25) is 0 Å². The summed E-state index contributed by atoms with van der Waals surface area (Å²) in [5, 5.41) is 0. The van der Waals surface area contributed by atoms with Crippen molar-refractivity contribution in [1.82, 2.24) is 0 Å². The molecule has 0 heterocycles. The Kier molecular flexibility index (Phi) is 6.96. The van der Waals surface area contributed by atoms with Crippen molar-refractivity contribution in [2.45, 2.75) is 40.0 Å². The minimum absolute atomic E-state index is 0.173. The van der Waals surface area contributed by atoms with E-state index < -0.39 is 0 Å². The number of carbonyl (C=O) groups is 2. The predicted octanol–water partition coefficient (Wildman–Crippen LogP) is 4.57. The van der Waals surface area contributed by atoms with Crippen LogP contribution in [0.4, 0.5) is 0 Å². The summed E-state index contributed by atoms with van der Waals surface area (Å²) in [7, 11) is 0. The van der Waals surface area contributed by atoms with Gasteiger partial charge in [0.1, 0.15) is 0 Å². The lowest BCUT2D eigenvalue weighted by molar-refractivity contribution is -0.143. The summed E-state index contributed by atoms with van der Waals surface area (Å²) < 4.78 is 10.4. The zero-order chi connectivity index (χ0) is 19.1. The lowest BCUT2D eigenvalue weighted by Crippen LogP contribution is -2.16. The first-order chi connectivity index (χ1) is 12.5. The third kappa shape index (κ3) is 4.72. The van der Waals surface area contributed by atoms with Crippen LogP contribution in [0.25, 0.3) is 0 Å². The van der Waals surface area contributed by atoms with Crippen LogP contribution in [0, 0.1) is 13.8 Å². The number of aryl methyl sites for hydroxylation is 2. The molecule has 0 aliphatic rings. The molecule has 0 saturated heterocycles. The van der Waals surface area contributed by atoms with Crippen molar-refractivity contribution < 1.29 is 19.1 Å². The van der Waals surface area contributed by atoms with Gasteiger partial charge in [-0.25, -0.2) is 4.79 Å². The van der Waals surface area contributed by atoms with Gasteiger partial charge in [-0.2, -0.15) is 0 Å². The minimum atomic E-state index is -0.374. The van der Waals surface area contributed by atoms with E-state index in [9.17, 15) is 9.59 Å². The molecule has 138 valence electrons. The number of esters is 2. The lowest BCUT2D eigenvalue weighted by Gasteiger charge is -2.21. The molecule has 1 unspecified atom stereocenters. The summed E-state index contributed by atoms with van der Waals surface area (Å²) in [6.07, 6.45) is 0.173. The molecule has 0 spiro atoms. The van der Waals surface area contributed by atoms with Gasteiger partial charge in [0.05, 0.1) is 25.2 Å². The third-order valence-electron chi connectivity index (χ3n) is 4.44. The Morgan fingerprint density at radius 3 is 2.27 bits per heavy atom. The molecule has 4 heteroatoms. The number of benzene rings is 2. The topological polar surface area (TPSA) is 52.6 Å². The highest BCUT2D eigenvalue weighted by atomic mass is 16.5. The Hall–Kier alpha value is -2.62. The molecule has 0 N–H and O–H groups in total. The number of rotatable bonds is 7. The largest absolute Gasteiger partial charge is 0.466 e. The van der Waals surface area contributed by atoms with Crippen LogP contribution in [0.2, 0.25) is 0 Å². The molecule has 0 aliphatic heterocycles. The summed E-state index contributed by atoms with van der Waals surface area (Å²) >= 11 is 0. The van der Waals surface area contributed by atoms with E-state index >= 15 is 0 Å². The van der Waals surface area contributed by atoms with Gasteiger partial charge >= 0.3 is 11.9 Å². The van der Waals surface area contributed by atoms with Crippen LogP contribution in [0.1, 0.15) is 58.8 Å². The average molecular weight is 354 g/mol. The zero-order valence-corrected chi connectivity index (χ0v) is 15.9. The molecule has 4 nitrogen and oxygen atoms in total. The fourth-order valence-electron chi connectivity index (χ4n) is 2.97. The van der Waals surface area contributed by atoms with Crippen molar-refractivity contribution in [2.75, 3.05) is 13.2 Å². The first kappa shape index (κ1) is 19.7. The third-order valence-corrected chi connectivity index (χ3v) is 4.44. The second-order valence-corrected chi connectivity index (χ2v) is 6.21. The van der Waals surface area contributed by atoms with Gasteiger partial charge in [0.15, 0.2) is 0 Å². The van der Waals surface area contributed by atoms with E-state index in [0.717, 1.165) is 16.7 Å². The number of hydrogen-bond donors (Lipinski definition) is 0. The monoisotopic (exact) mass is 354 g/mol. The van der Waals surface area contributed by atoms with Crippen molar-refractivity contribution in [1.29, 1.82) is 0 Å². The second kappa shape index (κ2) is 9.18. The molecule has 0 fully saturated rings. The maximum atomic E-state index is 12.4. The van der Waals surface area contributed by atoms with E-state index in [4.69, 9.17) is 9.47 Å². The molecule has 0 aromatic heterocycles. The SMILES string of the molecule is CCOC(=O)CC(c1ccc(C)c(C)c1)c1ccccc1C(=O)OCC. The molecule has 0 radical (unpaired) electrons. The van der Waals surface area contributed by atoms with Crippen LogP contribution in [-0.2, 0) is 14.3 Å². The predicted molar refractivity (Wildman–Crippen MR) is 101 cm³/mol. The van der Waals surface area contributed by atoms with Gasteiger partial charge in [0.25, 0.3) is 0 Å². The summed E-state index contributed by atoms with van der Waals surface area (Å²) in [5.74, 6) is -0.927. The first-order valence-corrected chi connectivity index (χ1v) is 8.96. The van der Waals surface area contributed by atoms with E-state index in [1.807, 2.05) is 38.1 Å². The molecule has 0 saturated carbocycles. The highest BCUT2D eigenvalue weighted by Gasteiger charge is 2.24. The Balaban J connectivity index is 2.52. The van der Waals surface area contributed by atoms with Gasteiger partial charge in [0, 0.05) is 5.92 Å². The summed E-state index contributed by atoms with van der Waals surface area (Å²) in [4.78, 5) is 24.6. The molecular formula is C22H26O4. The van der Waals surface area contributed by atoms with E-state index in [2.05, 4.69) is 6.07 Å². The van der Waals surface area contributed by atoms with E-state index in [1.54, 1.807) is 26.0 Å². The zero-order valence-electron chi connectivity index (χ0n) is 15.9. The fraction of sp³-hybridized carbons (Fsp3) is 0.364. The van der Waals surface area contributed by atoms with Crippen molar-refractivity contribution in [2.24, 2.45) is 0 Å². The standard InChI is InChI=1S/C22H26O4/c1-5-25-21(23)14-20(17-12-11-15(3)16(4)13-17)18-9-7-8-10-19(18)22(24)26-6-2/h7-13,20H,5-6,14H2,1-4H3. The molecule has 2 aromatic rings. The van der Waals surface area contributed by atoms with Crippen molar-refractivity contribution in [3.05, 3.63) is 70.3 Å². The second-order valence-electron chi connectivity index (χ2n) is 6.21. The van der Waals surface area contributed by atoms with Gasteiger partial charge in [-0.15, -0.1) is 0 Å². The van der Waals surface area contributed by atoms with E-state index in [0.29, 0.717) is 18.8 Å². The summed E-state index contributed by atoms with van der Waals surface area (Å²) in [6.45, 7) is 8.29. The Labute approximate surface area is 155 Å². The van der Waals surface area contributed by atoms with Crippen LogP contribution in [0.3, 0.4) is 0 Å². The fourth-order valence-corrected chi connectivity index (χ4v) is 2.97. The Morgan fingerprint density at radius 2 is 1.62 bits per heavy atom. The van der Waals surface area contributed by atoms with Crippen molar-refractivity contribution in [3.8, 4) is 0 Å². The van der Waals surface area contributed by atoms with Gasteiger partial charge < -0.3 is 9.47 Å². The Morgan fingerprint density at radius 1 is 0.923 bits per heavy atom. The van der Waals surface area contributed by atoms with Crippen molar-refractivity contribution in [3.63, 3.8) is 0 Å². The van der Waals surface area contributed by atoms with Crippen molar-refractivity contribution >= 4 is 11.9 Å². The maximum absolute atomic E-state index is 12.4. The highest BCUT2D eigenvalue weighted by molar-refractivity contribution is 5.91. The molecule has 1 atom stereocenters. The number of hydrogen-bond acceptors (Lipinski definition) is 4. The summed E-state index contributed by atoms with van der Waals surface area (Å²) in [5.41, 5.74) is 4.58. The molecule has 0 bridgehead atoms. The highest BCUT2D eigenvalue weighted by Crippen LogP contribution is 2.32. The molecular weight excluding hydrogens is 328 g/mol. The average Bonchev–Trinajstić information content (AvgIpc) is 2.62. The Bertz CT molecular complexity index is 779. The summed E-state index contributed by atoms with van der Waals surface area (Å²) in [6, 6.07) is 13.4. The van der Waals surface area contributed by atoms with E-state index in [1.165, 1.54) is 5.56 Å². The van der Waals surface area contributed by atoms with Crippen LogP contribution in [0.15, 0.2) is 42.5 Å². The number of ether oxygens (including phenoxy) is 2. The van der Waals surface area contributed by atoms with Gasteiger partial charge in [-0.05, 0) is 56.0 Å². The molecule has 0 aliphatic carbocycles. The van der Waals surface area contributed by atoms with Crippen LogP contribution < -0.4 is 0 Å². The maximum Gasteiger partial charge on any atom is 0.338 e. The number of carbonyl (C=O) groups excluding carboxylic acids is 2. The molecule has 0 amide bonds.